The van der Waals surface area contributed by atoms with E-state index in [1.165, 1.54) is 42.6 Å². The van der Waals surface area contributed by atoms with Crippen molar-refractivity contribution in [2.24, 2.45) is 0 Å². The van der Waals surface area contributed by atoms with Crippen molar-refractivity contribution in [2.75, 3.05) is 23.8 Å². The van der Waals surface area contributed by atoms with Gasteiger partial charge in [-0.1, -0.05) is 6.07 Å². The van der Waals surface area contributed by atoms with E-state index in [4.69, 9.17) is 9.84 Å². The van der Waals surface area contributed by atoms with Gasteiger partial charge >= 0.3 is 6.03 Å². The minimum absolute atomic E-state index is 0.0121. The van der Waals surface area contributed by atoms with Crippen molar-refractivity contribution < 1.29 is 32.6 Å². The van der Waals surface area contributed by atoms with Crippen LogP contribution < -0.4 is 15.4 Å². The molecule has 3 N–H and O–H groups in total. The molecule has 1 aromatic heterocycles. The molecule has 8 nitrogen and oxygen atoms in total. The molecule has 2 amide bonds. The van der Waals surface area contributed by atoms with Crippen LogP contribution in [0.2, 0.25) is 0 Å². The Morgan fingerprint density at radius 1 is 0.971 bits per heavy atom. The zero-order valence-corrected chi connectivity index (χ0v) is 17.9. The third kappa shape index (κ3) is 5.36. The van der Waals surface area contributed by atoms with Crippen molar-refractivity contribution >= 4 is 34.2 Å². The van der Waals surface area contributed by atoms with Gasteiger partial charge in [-0.15, -0.1) is 0 Å². The first kappa shape index (κ1) is 23.6. The van der Waals surface area contributed by atoms with E-state index in [0.717, 1.165) is 18.2 Å². The van der Waals surface area contributed by atoms with Gasteiger partial charge in [-0.2, -0.15) is 0 Å². The lowest BCUT2D eigenvalue weighted by molar-refractivity contribution is 0.103. The number of anilines is 2. The second kappa shape index (κ2) is 10.2. The summed E-state index contributed by atoms with van der Waals surface area (Å²) < 4.78 is 48.1. The highest BCUT2D eigenvalue weighted by Crippen LogP contribution is 2.25. The fraction of sp³-hybridized carbons (Fsp3) is 0.0833. The number of rotatable bonds is 7. The molecule has 11 heteroatoms. The maximum atomic E-state index is 15.1. The van der Waals surface area contributed by atoms with Gasteiger partial charge in [0.2, 0.25) is 5.88 Å². The summed E-state index contributed by atoms with van der Waals surface area (Å²) in [5.74, 6) is -3.88. The predicted octanol–water partition coefficient (Wildman–Crippen LogP) is 4.29. The Morgan fingerprint density at radius 2 is 1.80 bits per heavy atom. The Hall–Kier alpha value is -4.51. The number of ether oxygens (including phenoxy) is 1. The Kier molecular flexibility index (Phi) is 6.88. The van der Waals surface area contributed by atoms with Crippen LogP contribution in [0.1, 0.15) is 15.9 Å². The molecule has 0 bridgehead atoms. The quantitative estimate of drug-likeness (QED) is 0.339. The number of fused-ring (bicyclic) bond motifs is 1. The molecular formula is C24H17F3N4O4. The Bertz CT molecular complexity index is 1430. The molecule has 0 aliphatic carbocycles. The number of nitrogens with one attached hydrogen (secondary N) is 2. The molecule has 0 spiro atoms. The predicted molar refractivity (Wildman–Crippen MR) is 121 cm³/mol. The van der Waals surface area contributed by atoms with E-state index in [0.29, 0.717) is 5.52 Å². The number of benzene rings is 3. The number of aliphatic hydroxyl groups excluding tert-OH is 1. The number of carbonyl (C=O) groups is 2. The molecule has 0 saturated heterocycles. The Morgan fingerprint density at radius 3 is 2.57 bits per heavy atom. The van der Waals surface area contributed by atoms with E-state index < -0.39 is 40.5 Å². The summed E-state index contributed by atoms with van der Waals surface area (Å²) in [6.07, 6.45) is 1.34. The lowest BCUT2D eigenvalue weighted by Gasteiger charge is -2.12. The van der Waals surface area contributed by atoms with Crippen LogP contribution in [0.4, 0.5) is 29.3 Å². The van der Waals surface area contributed by atoms with E-state index in [-0.39, 0.29) is 35.9 Å². The molecule has 178 valence electrons. The molecule has 0 aliphatic heterocycles. The number of hydrogen-bond donors (Lipinski definition) is 3. The van der Waals surface area contributed by atoms with Crippen LogP contribution in [0.15, 0.2) is 60.8 Å². The molecule has 4 aromatic rings. The van der Waals surface area contributed by atoms with Crippen molar-refractivity contribution in [2.45, 2.75) is 0 Å². The van der Waals surface area contributed by atoms with Crippen molar-refractivity contribution in [1.29, 1.82) is 0 Å². The monoisotopic (exact) mass is 482 g/mol. The second-order valence-electron chi connectivity index (χ2n) is 7.19. The Labute approximate surface area is 196 Å². The minimum atomic E-state index is -1.28. The number of halogens is 3. The molecule has 4 rings (SSSR count). The SMILES string of the molecule is O=C(Nc1cccc(F)c1)Nc1ccc(F)c(C(=O)c2ccc3ncc(OCCO)nc3c2)c1F. The lowest BCUT2D eigenvalue weighted by Crippen LogP contribution is -2.21. The summed E-state index contributed by atoms with van der Waals surface area (Å²) in [4.78, 5) is 33.5. The first-order chi connectivity index (χ1) is 16.9. The average molecular weight is 482 g/mol. The van der Waals surface area contributed by atoms with Crippen molar-refractivity contribution in [3.63, 3.8) is 0 Å². The highest BCUT2D eigenvalue weighted by Gasteiger charge is 2.23. The van der Waals surface area contributed by atoms with Crippen LogP contribution in [0.25, 0.3) is 11.0 Å². The van der Waals surface area contributed by atoms with E-state index >= 15 is 4.39 Å². The number of carbonyl (C=O) groups excluding carboxylic acids is 2. The topological polar surface area (TPSA) is 113 Å². The normalized spacial score (nSPS) is 10.7. The Balaban J connectivity index is 1.60. The van der Waals surface area contributed by atoms with E-state index in [9.17, 15) is 18.4 Å². The van der Waals surface area contributed by atoms with Gasteiger partial charge in [0.1, 0.15) is 18.2 Å². The number of ketones is 1. The van der Waals surface area contributed by atoms with Gasteiger partial charge in [-0.25, -0.2) is 27.9 Å². The molecule has 0 fully saturated rings. The standard InChI is InChI=1S/C24H17F3N4O4/c25-14-2-1-3-15(11-14)29-24(34)31-18-7-5-16(26)21(22(18)27)23(33)13-4-6-17-19(10-13)30-20(12-28-17)35-9-8-32/h1-7,10-12,32H,8-9H2,(H2,29,31,34). The van der Waals surface area contributed by atoms with Crippen LogP contribution in [0, 0.1) is 17.5 Å². The van der Waals surface area contributed by atoms with Gasteiger partial charge in [0, 0.05) is 11.3 Å². The van der Waals surface area contributed by atoms with Gasteiger partial charge in [0.15, 0.2) is 11.6 Å². The van der Waals surface area contributed by atoms with Gasteiger partial charge in [0.25, 0.3) is 0 Å². The molecule has 3 aromatic carbocycles. The van der Waals surface area contributed by atoms with Crippen LogP contribution in [0.5, 0.6) is 5.88 Å². The second-order valence-corrected chi connectivity index (χ2v) is 7.19. The summed E-state index contributed by atoms with van der Waals surface area (Å²) >= 11 is 0. The van der Waals surface area contributed by atoms with Gasteiger partial charge in [-0.05, 0) is 48.5 Å². The molecule has 0 unspecified atom stereocenters. The first-order valence-electron chi connectivity index (χ1n) is 10.2. The van der Waals surface area contributed by atoms with Gasteiger partial charge in [-0.3, -0.25) is 4.79 Å². The summed E-state index contributed by atoms with van der Waals surface area (Å²) in [6, 6.07) is 10.00. The minimum Gasteiger partial charge on any atom is -0.474 e. The number of aromatic nitrogens is 2. The van der Waals surface area contributed by atoms with Crippen molar-refractivity contribution in [1.82, 2.24) is 9.97 Å². The summed E-state index contributed by atoms with van der Waals surface area (Å²) in [7, 11) is 0. The van der Waals surface area contributed by atoms with Crippen molar-refractivity contribution in [3.8, 4) is 5.88 Å². The van der Waals surface area contributed by atoms with Crippen LogP contribution in [-0.4, -0.2) is 40.1 Å². The lowest BCUT2D eigenvalue weighted by atomic mass is 10.0. The van der Waals surface area contributed by atoms with Crippen LogP contribution in [0.3, 0.4) is 0 Å². The third-order valence-corrected chi connectivity index (χ3v) is 4.77. The highest BCUT2D eigenvalue weighted by molar-refractivity contribution is 6.11. The van der Waals surface area contributed by atoms with E-state index in [1.54, 1.807) is 0 Å². The van der Waals surface area contributed by atoms with Crippen molar-refractivity contribution in [3.05, 3.63) is 89.4 Å². The van der Waals surface area contributed by atoms with E-state index in [1.807, 2.05) is 0 Å². The molecule has 35 heavy (non-hydrogen) atoms. The molecule has 0 aliphatic rings. The number of hydrogen-bond acceptors (Lipinski definition) is 6. The number of aliphatic hydroxyl groups is 1. The average Bonchev–Trinajstić information content (AvgIpc) is 2.84. The summed E-state index contributed by atoms with van der Waals surface area (Å²) in [5.41, 5.74) is -0.664. The van der Waals surface area contributed by atoms with Gasteiger partial charge < -0.3 is 20.5 Å². The van der Waals surface area contributed by atoms with E-state index in [2.05, 4.69) is 20.6 Å². The molecule has 0 atom stereocenters. The number of amides is 2. The fourth-order valence-electron chi connectivity index (χ4n) is 3.21. The fourth-order valence-corrected chi connectivity index (χ4v) is 3.21. The molecule has 0 radical (unpaired) electrons. The number of nitrogens with zero attached hydrogens (tertiary/aromatic N) is 2. The van der Waals surface area contributed by atoms with Crippen LogP contribution >= 0.6 is 0 Å². The maximum Gasteiger partial charge on any atom is 0.323 e. The largest absolute Gasteiger partial charge is 0.474 e. The molecular weight excluding hydrogens is 465 g/mol. The first-order valence-corrected chi connectivity index (χ1v) is 10.2. The smallest absolute Gasteiger partial charge is 0.323 e. The zero-order chi connectivity index (χ0) is 24.9. The maximum absolute atomic E-state index is 15.1. The summed E-state index contributed by atoms with van der Waals surface area (Å²) in [6.45, 7) is -0.247. The number of urea groups is 1. The van der Waals surface area contributed by atoms with Gasteiger partial charge in [0.05, 0.1) is 35.1 Å². The zero-order valence-electron chi connectivity index (χ0n) is 17.9. The summed E-state index contributed by atoms with van der Waals surface area (Å²) in [5, 5.41) is 13.4. The third-order valence-electron chi connectivity index (χ3n) is 4.77. The molecule has 0 saturated carbocycles. The van der Waals surface area contributed by atoms with Crippen LogP contribution in [-0.2, 0) is 0 Å². The highest BCUT2D eigenvalue weighted by atomic mass is 19.1. The molecule has 1 heterocycles.